The van der Waals surface area contributed by atoms with E-state index in [2.05, 4.69) is 4.90 Å². The average Bonchev–Trinajstić information content (AvgIpc) is 2.59. The van der Waals surface area contributed by atoms with Gasteiger partial charge < -0.3 is 5.73 Å². The van der Waals surface area contributed by atoms with Crippen LogP contribution in [0.1, 0.15) is 64.2 Å². The van der Waals surface area contributed by atoms with Gasteiger partial charge in [-0.2, -0.15) is 0 Å². The van der Waals surface area contributed by atoms with Gasteiger partial charge in [0.2, 0.25) is 0 Å². The van der Waals surface area contributed by atoms with Crippen LogP contribution >= 0.6 is 0 Å². The second kappa shape index (κ2) is 4.46. The molecule has 2 N–H and O–H groups in total. The normalized spacial score (nSPS) is 58.0. The van der Waals surface area contributed by atoms with E-state index in [-0.39, 0.29) is 0 Å². The van der Waals surface area contributed by atoms with Gasteiger partial charge in [0.05, 0.1) is 0 Å². The zero-order valence-corrected chi connectivity index (χ0v) is 12.7. The number of fused-ring (bicyclic) bond motifs is 3. The summed E-state index contributed by atoms with van der Waals surface area (Å²) in [6, 6.07) is 3.11. The van der Waals surface area contributed by atoms with Crippen LogP contribution in [0.5, 0.6) is 0 Å². The number of rotatable bonds is 1. The molecule has 0 aromatic heterocycles. The molecule has 5 rings (SSSR count). The van der Waals surface area contributed by atoms with Crippen molar-refractivity contribution in [1.82, 2.24) is 4.90 Å². The third kappa shape index (κ3) is 1.76. The molecule has 3 aliphatic carbocycles. The zero-order chi connectivity index (χ0) is 13.3. The summed E-state index contributed by atoms with van der Waals surface area (Å²) in [6.07, 6.45) is 14.7. The fourth-order valence-electron chi connectivity index (χ4n) is 7.09. The van der Waals surface area contributed by atoms with Gasteiger partial charge in [0.25, 0.3) is 0 Å². The van der Waals surface area contributed by atoms with Crippen molar-refractivity contribution in [2.75, 3.05) is 0 Å². The standard InChI is InChI=1S/C18H30N2/c19-14-9-15-2-1-3-16(10-14)20(15)17-5-11-4-12-7-13(8-17)18(12)6-11/h11-18H,1-10,19H2/t11-,12+,13+,14-,15+,16-,17-,18?/m1/s1. The molecule has 0 aromatic carbocycles. The van der Waals surface area contributed by atoms with Crippen LogP contribution in [0.3, 0.4) is 0 Å². The first-order valence-corrected chi connectivity index (χ1v) is 9.31. The van der Waals surface area contributed by atoms with Crippen molar-refractivity contribution in [2.45, 2.75) is 88.4 Å². The maximum atomic E-state index is 6.32. The lowest BCUT2D eigenvalue weighted by molar-refractivity contribution is -0.0354. The Morgan fingerprint density at radius 3 is 2.25 bits per heavy atom. The second-order valence-electron chi connectivity index (χ2n) is 8.80. The summed E-state index contributed by atoms with van der Waals surface area (Å²) >= 11 is 0. The Balaban J connectivity index is 1.39. The third-order valence-electron chi connectivity index (χ3n) is 7.73. The Bertz CT molecular complexity index is 377. The molecule has 5 fully saturated rings. The third-order valence-corrected chi connectivity index (χ3v) is 7.73. The van der Waals surface area contributed by atoms with Gasteiger partial charge in [-0.3, -0.25) is 4.90 Å². The topological polar surface area (TPSA) is 29.3 Å². The quantitative estimate of drug-likeness (QED) is 0.796. The van der Waals surface area contributed by atoms with E-state index in [0.29, 0.717) is 6.04 Å². The van der Waals surface area contributed by atoms with Gasteiger partial charge in [-0.05, 0) is 81.5 Å². The van der Waals surface area contributed by atoms with Gasteiger partial charge in [-0.15, -0.1) is 0 Å². The summed E-state index contributed by atoms with van der Waals surface area (Å²) in [5.74, 6) is 4.49. The molecule has 0 spiro atoms. The van der Waals surface area contributed by atoms with Crippen LogP contribution < -0.4 is 5.73 Å². The van der Waals surface area contributed by atoms with Crippen LogP contribution in [0.25, 0.3) is 0 Å². The molecule has 2 saturated heterocycles. The Hall–Kier alpha value is -0.0800. The van der Waals surface area contributed by atoms with Crippen molar-refractivity contribution >= 4 is 0 Å². The van der Waals surface area contributed by atoms with Gasteiger partial charge >= 0.3 is 0 Å². The molecule has 4 bridgehead atoms. The fourth-order valence-corrected chi connectivity index (χ4v) is 7.09. The number of hydrogen-bond donors (Lipinski definition) is 1. The molecule has 0 amide bonds. The van der Waals surface area contributed by atoms with Crippen LogP contribution in [-0.2, 0) is 0 Å². The van der Waals surface area contributed by atoms with Gasteiger partial charge in [0.1, 0.15) is 0 Å². The predicted octanol–water partition coefficient (Wildman–Crippen LogP) is 3.16. The summed E-state index contributed by atoms with van der Waals surface area (Å²) in [6.45, 7) is 0. The summed E-state index contributed by atoms with van der Waals surface area (Å²) in [4.78, 5) is 3.01. The maximum absolute atomic E-state index is 6.32. The minimum atomic E-state index is 0.497. The molecule has 2 heteroatoms. The zero-order valence-electron chi connectivity index (χ0n) is 12.7. The molecular formula is C18H30N2. The number of nitrogens with zero attached hydrogens (tertiary/aromatic N) is 1. The van der Waals surface area contributed by atoms with Crippen molar-refractivity contribution in [2.24, 2.45) is 29.4 Å². The van der Waals surface area contributed by atoms with E-state index in [1.165, 1.54) is 38.5 Å². The molecule has 2 aliphatic heterocycles. The summed E-state index contributed by atoms with van der Waals surface area (Å²) in [5.41, 5.74) is 6.32. The summed E-state index contributed by atoms with van der Waals surface area (Å²) in [7, 11) is 0. The molecule has 2 heterocycles. The van der Waals surface area contributed by atoms with Crippen LogP contribution in [0.4, 0.5) is 0 Å². The van der Waals surface area contributed by atoms with Crippen molar-refractivity contribution in [3.8, 4) is 0 Å². The monoisotopic (exact) mass is 274 g/mol. The predicted molar refractivity (Wildman–Crippen MR) is 81.3 cm³/mol. The Morgan fingerprint density at radius 2 is 1.45 bits per heavy atom. The van der Waals surface area contributed by atoms with E-state index in [4.69, 9.17) is 5.73 Å². The number of piperidine rings is 2. The fraction of sp³-hybridized carbons (Fsp3) is 1.00. The van der Waals surface area contributed by atoms with Gasteiger partial charge in [-0.1, -0.05) is 6.42 Å². The minimum absolute atomic E-state index is 0.497. The Kier molecular flexibility index (Phi) is 2.78. The van der Waals surface area contributed by atoms with Gasteiger partial charge in [-0.25, -0.2) is 0 Å². The smallest absolute Gasteiger partial charge is 0.0116 e. The van der Waals surface area contributed by atoms with E-state index in [9.17, 15) is 0 Å². The lowest BCUT2D eigenvalue weighted by Gasteiger charge is -2.54. The molecule has 20 heavy (non-hydrogen) atoms. The van der Waals surface area contributed by atoms with E-state index in [0.717, 1.165) is 41.8 Å². The highest BCUT2D eigenvalue weighted by Crippen LogP contribution is 2.59. The lowest BCUT2D eigenvalue weighted by Crippen LogP contribution is -2.59. The second-order valence-corrected chi connectivity index (χ2v) is 8.80. The van der Waals surface area contributed by atoms with E-state index in [1.807, 2.05) is 0 Å². The first-order chi connectivity index (χ1) is 9.78. The average molecular weight is 274 g/mol. The molecular weight excluding hydrogens is 244 g/mol. The highest BCUT2D eigenvalue weighted by Gasteiger charge is 2.53. The molecule has 112 valence electrons. The maximum Gasteiger partial charge on any atom is 0.0116 e. The lowest BCUT2D eigenvalue weighted by atomic mass is 9.64. The van der Waals surface area contributed by atoms with Crippen molar-refractivity contribution < 1.29 is 0 Å². The summed E-state index contributed by atoms with van der Waals surface area (Å²) < 4.78 is 0. The molecule has 5 aliphatic rings. The molecule has 3 saturated carbocycles. The van der Waals surface area contributed by atoms with Crippen LogP contribution in [0, 0.1) is 23.7 Å². The highest BCUT2D eigenvalue weighted by atomic mass is 15.2. The van der Waals surface area contributed by atoms with E-state index < -0.39 is 0 Å². The van der Waals surface area contributed by atoms with Gasteiger partial charge in [0, 0.05) is 24.2 Å². The van der Waals surface area contributed by atoms with Crippen LogP contribution in [0.2, 0.25) is 0 Å². The Morgan fingerprint density at radius 1 is 0.700 bits per heavy atom. The number of nitrogens with two attached hydrogens (primary N) is 1. The first-order valence-electron chi connectivity index (χ1n) is 9.31. The number of hydrogen-bond acceptors (Lipinski definition) is 2. The van der Waals surface area contributed by atoms with Crippen LogP contribution in [0.15, 0.2) is 0 Å². The van der Waals surface area contributed by atoms with E-state index >= 15 is 0 Å². The molecule has 0 radical (unpaired) electrons. The van der Waals surface area contributed by atoms with Crippen LogP contribution in [-0.4, -0.2) is 29.1 Å². The van der Waals surface area contributed by atoms with Gasteiger partial charge in [0.15, 0.2) is 0 Å². The summed E-state index contributed by atoms with van der Waals surface area (Å²) in [5, 5.41) is 0. The largest absolute Gasteiger partial charge is 0.328 e. The first kappa shape index (κ1) is 12.5. The molecule has 2 nitrogen and oxygen atoms in total. The molecule has 0 aromatic rings. The molecule has 8 atom stereocenters. The highest BCUT2D eigenvalue weighted by molar-refractivity contribution is 5.05. The minimum Gasteiger partial charge on any atom is -0.328 e. The SMILES string of the molecule is N[C@H]1C[C@H]2CCC[C@@H](C1)N2[C@@H]1C[C@@H]2CC3[C@@H](C2)C[C@H]3C1. The van der Waals surface area contributed by atoms with E-state index in [1.54, 1.807) is 25.7 Å². The van der Waals surface area contributed by atoms with Crippen molar-refractivity contribution in [3.63, 3.8) is 0 Å². The van der Waals surface area contributed by atoms with Crippen molar-refractivity contribution in [1.29, 1.82) is 0 Å². The van der Waals surface area contributed by atoms with Crippen molar-refractivity contribution in [3.05, 3.63) is 0 Å². The molecule has 1 unspecified atom stereocenters. The Labute approximate surface area is 123 Å².